The number of hydrogen-bond acceptors (Lipinski definition) is 5. The van der Waals surface area contributed by atoms with Crippen LogP contribution in [0.3, 0.4) is 0 Å². The van der Waals surface area contributed by atoms with E-state index in [0.29, 0.717) is 23.4 Å². The van der Waals surface area contributed by atoms with Crippen molar-refractivity contribution in [1.82, 2.24) is 14.9 Å². The lowest BCUT2D eigenvalue weighted by atomic mass is 10.2. The number of nitrogens with one attached hydrogen (secondary N) is 1. The fraction of sp³-hybridized carbons (Fsp3) is 0.500. The Kier molecular flexibility index (Phi) is 3.82. The standard InChI is InChI=1S/C16H18F2N4O/c17-12-5-14-15(6-13(12)18)21-16(8-19-14)20-7-11-9-22(3-4-23-11)10-1-2-10/h5-6,8,10-11H,1-4,7,9H2,(H,20,21)/t11-/m1/s1. The van der Waals surface area contributed by atoms with Crippen molar-refractivity contribution in [2.24, 2.45) is 0 Å². The van der Waals surface area contributed by atoms with E-state index in [4.69, 9.17) is 4.74 Å². The second-order valence-electron chi connectivity index (χ2n) is 6.11. The minimum absolute atomic E-state index is 0.104. The van der Waals surface area contributed by atoms with Crippen molar-refractivity contribution < 1.29 is 13.5 Å². The molecule has 2 fully saturated rings. The largest absolute Gasteiger partial charge is 0.374 e. The molecule has 2 aliphatic rings. The van der Waals surface area contributed by atoms with Crippen LogP contribution in [0.5, 0.6) is 0 Å². The minimum atomic E-state index is -0.917. The normalized spacial score (nSPS) is 22.4. The van der Waals surface area contributed by atoms with Crippen LogP contribution in [0.25, 0.3) is 11.0 Å². The number of ether oxygens (including phenoxy) is 1. The number of aromatic nitrogens is 2. The van der Waals surface area contributed by atoms with Crippen LogP contribution in [0, 0.1) is 11.6 Å². The first-order valence-electron chi connectivity index (χ1n) is 7.90. The number of anilines is 1. The topological polar surface area (TPSA) is 50.3 Å². The van der Waals surface area contributed by atoms with Gasteiger partial charge in [-0.3, -0.25) is 9.88 Å². The number of halogens is 2. The van der Waals surface area contributed by atoms with Crippen LogP contribution in [0.4, 0.5) is 14.6 Å². The zero-order valence-corrected chi connectivity index (χ0v) is 12.6. The van der Waals surface area contributed by atoms with E-state index in [1.165, 1.54) is 19.0 Å². The molecule has 1 N–H and O–H groups in total. The molecule has 5 nitrogen and oxygen atoms in total. The highest BCUT2D eigenvalue weighted by Crippen LogP contribution is 2.28. The maximum Gasteiger partial charge on any atom is 0.161 e. The molecule has 1 aliphatic carbocycles. The Balaban J connectivity index is 1.42. The minimum Gasteiger partial charge on any atom is -0.374 e. The highest BCUT2D eigenvalue weighted by atomic mass is 19.2. The Bertz CT molecular complexity index is 723. The van der Waals surface area contributed by atoms with Gasteiger partial charge in [-0.1, -0.05) is 0 Å². The molecule has 4 rings (SSSR count). The molecule has 2 aromatic rings. The highest BCUT2D eigenvalue weighted by Gasteiger charge is 2.32. The molecule has 1 aliphatic heterocycles. The van der Waals surface area contributed by atoms with Crippen molar-refractivity contribution in [3.05, 3.63) is 30.0 Å². The van der Waals surface area contributed by atoms with Gasteiger partial charge < -0.3 is 10.1 Å². The lowest BCUT2D eigenvalue weighted by Crippen LogP contribution is -2.46. The summed E-state index contributed by atoms with van der Waals surface area (Å²) in [6, 6.07) is 2.85. The van der Waals surface area contributed by atoms with Crippen LogP contribution >= 0.6 is 0 Å². The third-order valence-corrected chi connectivity index (χ3v) is 4.33. The second-order valence-corrected chi connectivity index (χ2v) is 6.11. The Morgan fingerprint density at radius 3 is 2.78 bits per heavy atom. The lowest BCUT2D eigenvalue weighted by molar-refractivity contribution is -0.0241. The fourth-order valence-electron chi connectivity index (χ4n) is 2.95. The van der Waals surface area contributed by atoms with E-state index in [-0.39, 0.29) is 6.10 Å². The van der Waals surface area contributed by atoms with E-state index in [0.717, 1.165) is 37.9 Å². The van der Waals surface area contributed by atoms with E-state index < -0.39 is 11.6 Å². The average molecular weight is 320 g/mol. The third-order valence-electron chi connectivity index (χ3n) is 4.33. The van der Waals surface area contributed by atoms with Gasteiger partial charge in [0, 0.05) is 37.8 Å². The number of hydrogen-bond donors (Lipinski definition) is 1. The van der Waals surface area contributed by atoms with Crippen molar-refractivity contribution in [2.45, 2.75) is 25.0 Å². The molecule has 1 atom stereocenters. The Hall–Kier alpha value is -1.86. The number of fused-ring (bicyclic) bond motifs is 1. The van der Waals surface area contributed by atoms with Crippen LogP contribution in [0.1, 0.15) is 12.8 Å². The summed E-state index contributed by atoms with van der Waals surface area (Å²) in [5, 5.41) is 3.18. The number of morpholine rings is 1. The molecule has 0 amide bonds. The predicted octanol–water partition coefficient (Wildman–Crippen LogP) is 2.18. The second kappa shape index (κ2) is 5.98. The molecular weight excluding hydrogens is 302 g/mol. The monoisotopic (exact) mass is 320 g/mol. The maximum atomic E-state index is 13.3. The molecule has 1 saturated carbocycles. The summed E-state index contributed by atoms with van der Waals surface area (Å²) in [5.41, 5.74) is 0.668. The quantitative estimate of drug-likeness (QED) is 0.936. The fourth-order valence-corrected chi connectivity index (χ4v) is 2.95. The van der Waals surface area contributed by atoms with Crippen molar-refractivity contribution in [3.63, 3.8) is 0 Å². The first-order chi connectivity index (χ1) is 11.2. The van der Waals surface area contributed by atoms with E-state index in [9.17, 15) is 8.78 Å². The maximum absolute atomic E-state index is 13.3. The van der Waals surface area contributed by atoms with E-state index in [1.807, 2.05) is 0 Å². The van der Waals surface area contributed by atoms with Gasteiger partial charge >= 0.3 is 0 Å². The molecule has 7 heteroatoms. The van der Waals surface area contributed by atoms with Crippen molar-refractivity contribution in [1.29, 1.82) is 0 Å². The van der Waals surface area contributed by atoms with Gasteiger partial charge in [0.25, 0.3) is 0 Å². The molecule has 2 heterocycles. The summed E-state index contributed by atoms with van der Waals surface area (Å²) in [7, 11) is 0. The SMILES string of the molecule is Fc1cc2ncc(NC[C@@H]3CN(C4CC4)CCO3)nc2cc1F. The van der Waals surface area contributed by atoms with Gasteiger partial charge in [0.1, 0.15) is 5.82 Å². The molecule has 23 heavy (non-hydrogen) atoms. The van der Waals surface area contributed by atoms with Gasteiger partial charge in [0.2, 0.25) is 0 Å². The van der Waals surface area contributed by atoms with Gasteiger partial charge in [-0.2, -0.15) is 0 Å². The van der Waals surface area contributed by atoms with Crippen LogP contribution in [0.2, 0.25) is 0 Å². The molecule has 122 valence electrons. The molecule has 0 unspecified atom stereocenters. The first-order valence-corrected chi connectivity index (χ1v) is 7.90. The molecular formula is C16H18F2N4O. The Labute approximate surface area is 132 Å². The summed E-state index contributed by atoms with van der Waals surface area (Å²) in [5.74, 6) is -1.29. The van der Waals surface area contributed by atoms with Gasteiger partial charge in [0.15, 0.2) is 11.6 Å². The van der Waals surface area contributed by atoms with Gasteiger partial charge in [0.05, 0.1) is 29.9 Å². The summed E-state index contributed by atoms with van der Waals surface area (Å²) in [6.45, 7) is 3.28. The van der Waals surface area contributed by atoms with Gasteiger partial charge in [-0.05, 0) is 12.8 Å². The van der Waals surface area contributed by atoms with Crippen molar-refractivity contribution in [2.75, 3.05) is 31.6 Å². The van der Waals surface area contributed by atoms with E-state index in [2.05, 4.69) is 20.2 Å². The summed E-state index contributed by atoms with van der Waals surface area (Å²) < 4.78 is 32.2. The Morgan fingerprint density at radius 2 is 2.00 bits per heavy atom. The molecule has 1 aromatic carbocycles. The summed E-state index contributed by atoms with van der Waals surface area (Å²) >= 11 is 0. The predicted molar refractivity (Wildman–Crippen MR) is 82.3 cm³/mol. The smallest absolute Gasteiger partial charge is 0.161 e. The van der Waals surface area contributed by atoms with Crippen LogP contribution in [-0.4, -0.2) is 53.3 Å². The average Bonchev–Trinajstić information content (AvgIpc) is 3.39. The lowest BCUT2D eigenvalue weighted by Gasteiger charge is -2.33. The Morgan fingerprint density at radius 1 is 1.22 bits per heavy atom. The van der Waals surface area contributed by atoms with E-state index in [1.54, 1.807) is 0 Å². The zero-order valence-electron chi connectivity index (χ0n) is 12.6. The van der Waals surface area contributed by atoms with E-state index >= 15 is 0 Å². The van der Waals surface area contributed by atoms with Gasteiger partial charge in [-0.15, -0.1) is 0 Å². The third kappa shape index (κ3) is 3.25. The molecule has 1 saturated heterocycles. The van der Waals surface area contributed by atoms with Gasteiger partial charge in [-0.25, -0.2) is 13.8 Å². The van der Waals surface area contributed by atoms with Crippen molar-refractivity contribution in [3.8, 4) is 0 Å². The number of rotatable bonds is 4. The number of benzene rings is 1. The molecule has 1 aromatic heterocycles. The van der Waals surface area contributed by atoms with Crippen molar-refractivity contribution >= 4 is 16.9 Å². The summed E-state index contributed by atoms with van der Waals surface area (Å²) in [6.07, 6.45) is 4.21. The zero-order chi connectivity index (χ0) is 15.8. The first kappa shape index (κ1) is 14.7. The number of nitrogens with zero attached hydrogens (tertiary/aromatic N) is 3. The molecule has 0 bridgehead atoms. The molecule has 0 radical (unpaired) electrons. The summed E-state index contributed by atoms with van der Waals surface area (Å²) in [4.78, 5) is 10.9. The van der Waals surface area contributed by atoms with Crippen LogP contribution in [-0.2, 0) is 4.74 Å². The highest BCUT2D eigenvalue weighted by molar-refractivity contribution is 5.75. The van der Waals surface area contributed by atoms with Crippen LogP contribution in [0.15, 0.2) is 18.3 Å². The van der Waals surface area contributed by atoms with Crippen LogP contribution < -0.4 is 5.32 Å². The molecule has 0 spiro atoms.